The number of halogens is 1. The van der Waals surface area contributed by atoms with E-state index in [4.69, 9.17) is 25.8 Å². The number of Topliss-reactive ketones (excluding diaryl/α,β-unsaturated/α-hetero) is 1. The number of β-lactam (4-membered cyclic amide) rings is 1. The number of hydrogen-bond donors (Lipinski definition) is 1. The summed E-state index contributed by atoms with van der Waals surface area (Å²) >= 11 is 6.92. The summed E-state index contributed by atoms with van der Waals surface area (Å²) in [6.07, 6.45) is -0.537. The number of fused-ring (bicyclic) bond motifs is 1. The third-order valence-electron chi connectivity index (χ3n) is 10.2. The lowest BCUT2D eigenvalue weighted by atomic mass is 9.77. The molecule has 4 aromatic carbocycles. The quantitative estimate of drug-likeness (QED) is 0.0417. The molecule has 4 aromatic rings. The molecule has 1 fully saturated rings. The summed E-state index contributed by atoms with van der Waals surface area (Å²) in [5.74, 6) is -3.05. The monoisotopic (exact) mass is 795 g/mol. The first-order valence-corrected chi connectivity index (χ1v) is 18.8. The van der Waals surface area contributed by atoms with E-state index < -0.39 is 46.8 Å². The SMILES string of the molecule is C[C@@H](O)[C@H]1C(=O)N2C(C(=O)OC(=O)c3ccc([N+](=O)[O-])cc3)=C(CN(C)CC(=O)CCc3ccc(OCc4ccccc4)c(OCc4ccccc4)c3Cl)[C@H](C)[C@H]12. The Morgan fingerprint density at radius 3 is 2.12 bits per heavy atom. The van der Waals surface area contributed by atoms with Crippen molar-refractivity contribution in [2.75, 3.05) is 20.1 Å². The van der Waals surface area contributed by atoms with Gasteiger partial charge in [-0.3, -0.25) is 24.6 Å². The molecule has 2 aliphatic rings. The highest BCUT2D eigenvalue weighted by atomic mass is 35.5. The van der Waals surface area contributed by atoms with Crippen molar-refractivity contribution in [2.24, 2.45) is 11.8 Å². The maximum absolute atomic E-state index is 13.6. The van der Waals surface area contributed by atoms with Crippen molar-refractivity contribution in [1.82, 2.24) is 9.80 Å². The second kappa shape index (κ2) is 17.9. The standard InChI is InChI=1S/C43H42ClN3O10/c1-26-34(39(46-38(26)36(27(2)48)41(46)50)43(52)57-42(51)31-14-18-32(19-15-31)47(53)54)23-45(3)22-33(49)20-16-30-17-21-35(55-24-28-10-6-4-7-11-28)40(37(30)44)56-25-29-12-8-5-9-13-29/h4-15,17-19,21,26-27,36,38,48H,16,20,22-25H2,1-3H3/t26-,27+,36+,38+/m0/s1. The predicted molar refractivity (Wildman–Crippen MR) is 209 cm³/mol. The first kappa shape index (κ1) is 40.8. The zero-order chi connectivity index (χ0) is 40.8. The largest absolute Gasteiger partial charge is 0.485 e. The van der Waals surface area contributed by atoms with Gasteiger partial charge in [-0.1, -0.05) is 85.3 Å². The second-order valence-electron chi connectivity index (χ2n) is 14.2. The molecule has 0 aromatic heterocycles. The molecule has 0 aliphatic carbocycles. The minimum atomic E-state index is -1.07. The van der Waals surface area contributed by atoms with Gasteiger partial charge >= 0.3 is 11.9 Å². The number of likely N-dealkylation sites (N-methyl/N-ethyl adjacent to an activating group) is 1. The van der Waals surface area contributed by atoms with Gasteiger partial charge in [0.15, 0.2) is 11.5 Å². The zero-order valence-electron chi connectivity index (χ0n) is 31.6. The number of ketones is 1. The maximum atomic E-state index is 13.6. The molecule has 2 aliphatic heterocycles. The lowest BCUT2D eigenvalue weighted by Crippen LogP contribution is -2.63. The number of nitro groups is 1. The van der Waals surface area contributed by atoms with Crippen LogP contribution in [0.3, 0.4) is 0 Å². The van der Waals surface area contributed by atoms with E-state index in [1.807, 2.05) is 73.7 Å². The van der Waals surface area contributed by atoms with E-state index >= 15 is 0 Å². The number of carbonyl (C=O) groups is 4. The number of esters is 2. The van der Waals surface area contributed by atoms with Gasteiger partial charge in [0.2, 0.25) is 5.91 Å². The van der Waals surface area contributed by atoms with Crippen LogP contribution in [0.5, 0.6) is 11.5 Å². The second-order valence-corrected chi connectivity index (χ2v) is 14.6. The minimum Gasteiger partial charge on any atom is -0.485 e. The summed E-state index contributed by atoms with van der Waals surface area (Å²) in [6, 6.07) is 27.0. The van der Waals surface area contributed by atoms with E-state index in [0.717, 1.165) is 23.3 Å². The van der Waals surface area contributed by atoms with Crippen molar-refractivity contribution in [2.45, 2.75) is 52.0 Å². The number of hydrogen-bond acceptors (Lipinski definition) is 11. The van der Waals surface area contributed by atoms with Crippen molar-refractivity contribution >= 4 is 40.9 Å². The van der Waals surface area contributed by atoms with Crippen LogP contribution in [-0.4, -0.2) is 75.7 Å². The number of nitro benzene ring substituents is 1. The number of nitrogens with zero attached hydrogens (tertiary/aromatic N) is 3. The zero-order valence-corrected chi connectivity index (χ0v) is 32.4. The van der Waals surface area contributed by atoms with E-state index in [0.29, 0.717) is 40.7 Å². The van der Waals surface area contributed by atoms with Crippen molar-refractivity contribution in [3.8, 4) is 11.5 Å². The fraction of sp³-hybridized carbons (Fsp3) is 0.302. The Morgan fingerprint density at radius 2 is 1.53 bits per heavy atom. The van der Waals surface area contributed by atoms with Crippen LogP contribution >= 0.6 is 11.6 Å². The van der Waals surface area contributed by atoms with E-state index in [1.54, 1.807) is 18.0 Å². The first-order chi connectivity index (χ1) is 27.3. The van der Waals surface area contributed by atoms with Crippen LogP contribution in [0.15, 0.2) is 108 Å². The molecule has 14 heteroatoms. The molecule has 1 N–H and O–H groups in total. The predicted octanol–water partition coefficient (Wildman–Crippen LogP) is 6.33. The van der Waals surface area contributed by atoms with Gasteiger partial charge in [0, 0.05) is 31.0 Å². The number of ether oxygens (including phenoxy) is 3. The average molecular weight is 796 g/mol. The highest BCUT2D eigenvalue weighted by Gasteiger charge is 2.60. The normalized spacial score (nSPS) is 17.8. The van der Waals surface area contributed by atoms with Gasteiger partial charge in [0.1, 0.15) is 24.7 Å². The van der Waals surface area contributed by atoms with Crippen molar-refractivity contribution in [1.29, 1.82) is 0 Å². The highest BCUT2D eigenvalue weighted by molar-refractivity contribution is 6.33. The molecular weight excluding hydrogens is 754 g/mol. The molecule has 4 atom stereocenters. The molecule has 1 saturated heterocycles. The molecule has 0 saturated carbocycles. The summed E-state index contributed by atoms with van der Waals surface area (Å²) in [5, 5.41) is 21.7. The van der Waals surface area contributed by atoms with Crippen LogP contribution in [0.25, 0.3) is 0 Å². The van der Waals surface area contributed by atoms with Gasteiger partial charge in [-0.05, 0) is 60.9 Å². The average Bonchev–Trinajstić information content (AvgIpc) is 3.43. The topological polar surface area (TPSA) is 166 Å². The van der Waals surface area contributed by atoms with Crippen LogP contribution in [0.1, 0.15) is 47.3 Å². The number of benzene rings is 4. The summed E-state index contributed by atoms with van der Waals surface area (Å²) in [5.41, 5.74) is 2.64. The minimum absolute atomic E-state index is 0.00796. The summed E-state index contributed by atoms with van der Waals surface area (Å²) in [7, 11) is 1.70. The van der Waals surface area contributed by atoms with Gasteiger partial charge in [0.25, 0.3) is 5.69 Å². The molecule has 1 amide bonds. The molecule has 57 heavy (non-hydrogen) atoms. The Morgan fingerprint density at radius 1 is 0.912 bits per heavy atom. The summed E-state index contributed by atoms with van der Waals surface area (Å²) in [4.78, 5) is 66.4. The molecule has 2 heterocycles. The molecule has 6 rings (SSSR count). The number of rotatable bonds is 17. The Bertz CT molecular complexity index is 2180. The first-order valence-electron chi connectivity index (χ1n) is 18.4. The van der Waals surface area contributed by atoms with E-state index in [1.165, 1.54) is 24.0 Å². The Hall–Kier alpha value is -5.89. The summed E-state index contributed by atoms with van der Waals surface area (Å²) < 4.78 is 17.5. The van der Waals surface area contributed by atoms with Crippen LogP contribution in [-0.2, 0) is 38.8 Å². The van der Waals surface area contributed by atoms with Gasteiger partial charge in [-0.15, -0.1) is 0 Å². The number of carbonyl (C=O) groups excluding carboxylic acids is 4. The molecule has 296 valence electrons. The molecule has 0 spiro atoms. The Balaban J connectivity index is 1.14. The summed E-state index contributed by atoms with van der Waals surface area (Å²) in [6.45, 7) is 3.96. The van der Waals surface area contributed by atoms with Gasteiger partial charge < -0.3 is 24.2 Å². The van der Waals surface area contributed by atoms with Crippen molar-refractivity contribution in [3.63, 3.8) is 0 Å². The molecular formula is C43H42ClN3O10. The number of aryl methyl sites for hydroxylation is 1. The van der Waals surface area contributed by atoms with E-state index in [-0.39, 0.29) is 48.8 Å². The number of amides is 1. The molecule has 0 bridgehead atoms. The number of aliphatic hydroxyl groups is 1. The molecule has 13 nitrogen and oxygen atoms in total. The van der Waals surface area contributed by atoms with E-state index in [2.05, 4.69) is 0 Å². The third kappa shape index (κ3) is 9.23. The lowest BCUT2D eigenvalue weighted by Gasteiger charge is -2.46. The van der Waals surface area contributed by atoms with Crippen molar-refractivity contribution in [3.05, 3.63) is 146 Å². The van der Waals surface area contributed by atoms with E-state index in [9.17, 15) is 34.4 Å². The highest BCUT2D eigenvalue weighted by Crippen LogP contribution is 2.47. The molecule has 0 unspecified atom stereocenters. The van der Waals surface area contributed by atoms with Crippen molar-refractivity contribution < 1.29 is 43.4 Å². The number of aliphatic hydroxyl groups excluding tert-OH is 1. The van der Waals surface area contributed by atoms with Gasteiger partial charge in [-0.25, -0.2) is 9.59 Å². The fourth-order valence-corrected chi connectivity index (χ4v) is 7.54. The molecule has 0 radical (unpaired) electrons. The fourth-order valence-electron chi connectivity index (χ4n) is 7.24. The smallest absolute Gasteiger partial charge is 0.362 e. The Labute approximate surface area is 334 Å². The van der Waals surface area contributed by atoms with Crippen LogP contribution < -0.4 is 9.47 Å². The lowest BCUT2D eigenvalue weighted by molar-refractivity contribution is -0.384. The van der Waals surface area contributed by atoms with Gasteiger partial charge in [0.05, 0.1) is 40.1 Å². The van der Waals surface area contributed by atoms with Gasteiger partial charge in [-0.2, -0.15) is 0 Å². The van der Waals surface area contributed by atoms with Crippen LogP contribution in [0.2, 0.25) is 5.02 Å². The van der Waals surface area contributed by atoms with Crippen LogP contribution in [0, 0.1) is 22.0 Å². The van der Waals surface area contributed by atoms with Crippen LogP contribution in [0.4, 0.5) is 5.69 Å². The number of non-ortho nitro benzene ring substituents is 1. The maximum Gasteiger partial charge on any atom is 0.362 e. The Kier molecular flexibility index (Phi) is 12.8. The third-order valence-corrected chi connectivity index (χ3v) is 10.6.